The van der Waals surface area contributed by atoms with E-state index >= 15 is 0 Å². The molecular weight excluding hydrogens is 212 g/mol. The SMILES string of the molecule is CCc1ccc(C(N)Cc2ncnn2C)cc1. The fraction of sp³-hybridized carbons (Fsp3) is 0.385. The molecule has 0 amide bonds. The van der Waals surface area contributed by atoms with Crippen molar-refractivity contribution in [2.24, 2.45) is 12.8 Å². The highest BCUT2D eigenvalue weighted by Gasteiger charge is 2.10. The zero-order valence-electron chi connectivity index (χ0n) is 10.3. The van der Waals surface area contributed by atoms with Crippen LogP contribution < -0.4 is 5.73 Å². The van der Waals surface area contributed by atoms with E-state index in [9.17, 15) is 0 Å². The lowest BCUT2D eigenvalue weighted by Crippen LogP contribution is -2.16. The molecule has 0 aliphatic heterocycles. The Morgan fingerprint density at radius 2 is 2.00 bits per heavy atom. The Morgan fingerprint density at radius 1 is 1.29 bits per heavy atom. The quantitative estimate of drug-likeness (QED) is 0.868. The summed E-state index contributed by atoms with van der Waals surface area (Å²) < 4.78 is 1.76. The minimum atomic E-state index is -0.0243. The Kier molecular flexibility index (Phi) is 3.54. The van der Waals surface area contributed by atoms with Crippen molar-refractivity contribution in [1.29, 1.82) is 0 Å². The van der Waals surface area contributed by atoms with Gasteiger partial charge in [0, 0.05) is 19.5 Å². The fourth-order valence-corrected chi connectivity index (χ4v) is 1.82. The highest BCUT2D eigenvalue weighted by atomic mass is 15.3. The summed E-state index contributed by atoms with van der Waals surface area (Å²) in [5.74, 6) is 0.914. The van der Waals surface area contributed by atoms with Gasteiger partial charge in [-0.15, -0.1) is 0 Å². The third kappa shape index (κ3) is 2.71. The van der Waals surface area contributed by atoms with Gasteiger partial charge in [0.05, 0.1) is 0 Å². The van der Waals surface area contributed by atoms with Gasteiger partial charge in [-0.2, -0.15) is 5.10 Å². The summed E-state index contributed by atoms with van der Waals surface area (Å²) in [6.45, 7) is 2.15. The van der Waals surface area contributed by atoms with Gasteiger partial charge in [0.15, 0.2) is 0 Å². The van der Waals surface area contributed by atoms with Gasteiger partial charge in [-0.3, -0.25) is 4.68 Å². The summed E-state index contributed by atoms with van der Waals surface area (Å²) in [6.07, 6.45) is 3.32. The summed E-state index contributed by atoms with van der Waals surface area (Å²) >= 11 is 0. The maximum Gasteiger partial charge on any atom is 0.138 e. The minimum Gasteiger partial charge on any atom is -0.324 e. The number of hydrogen-bond donors (Lipinski definition) is 1. The zero-order valence-corrected chi connectivity index (χ0v) is 10.3. The van der Waals surface area contributed by atoms with Gasteiger partial charge in [0.1, 0.15) is 12.2 Å². The van der Waals surface area contributed by atoms with Crippen LogP contribution in [0.1, 0.15) is 29.9 Å². The lowest BCUT2D eigenvalue weighted by molar-refractivity contribution is 0.629. The van der Waals surface area contributed by atoms with E-state index in [0.29, 0.717) is 6.42 Å². The van der Waals surface area contributed by atoms with Gasteiger partial charge in [0.2, 0.25) is 0 Å². The van der Waals surface area contributed by atoms with Crippen LogP contribution in [-0.4, -0.2) is 14.8 Å². The van der Waals surface area contributed by atoms with Crippen molar-refractivity contribution in [1.82, 2.24) is 14.8 Å². The molecule has 1 unspecified atom stereocenters. The predicted octanol–water partition coefficient (Wildman–Crippen LogP) is 1.62. The maximum atomic E-state index is 6.17. The third-order valence-corrected chi connectivity index (χ3v) is 3.02. The molecule has 0 aliphatic rings. The van der Waals surface area contributed by atoms with Crippen molar-refractivity contribution in [3.8, 4) is 0 Å². The van der Waals surface area contributed by atoms with Crippen LogP contribution in [-0.2, 0) is 19.9 Å². The molecule has 1 aromatic heterocycles. The number of nitrogens with two attached hydrogens (primary N) is 1. The Labute approximate surface area is 101 Å². The number of nitrogens with zero attached hydrogens (tertiary/aromatic N) is 3. The molecule has 2 aromatic rings. The van der Waals surface area contributed by atoms with Crippen LogP contribution in [0.3, 0.4) is 0 Å². The number of rotatable bonds is 4. The van der Waals surface area contributed by atoms with Crippen molar-refractivity contribution in [3.63, 3.8) is 0 Å². The molecule has 0 aliphatic carbocycles. The molecule has 0 saturated heterocycles. The molecule has 0 radical (unpaired) electrons. The fourth-order valence-electron chi connectivity index (χ4n) is 1.82. The molecule has 4 nitrogen and oxygen atoms in total. The van der Waals surface area contributed by atoms with E-state index in [0.717, 1.165) is 17.8 Å². The lowest BCUT2D eigenvalue weighted by Gasteiger charge is -2.11. The van der Waals surface area contributed by atoms with Gasteiger partial charge < -0.3 is 5.73 Å². The normalized spacial score (nSPS) is 12.6. The van der Waals surface area contributed by atoms with Crippen molar-refractivity contribution in [2.75, 3.05) is 0 Å². The summed E-state index contributed by atoms with van der Waals surface area (Å²) in [6, 6.07) is 8.43. The van der Waals surface area contributed by atoms with E-state index in [-0.39, 0.29) is 6.04 Å². The highest BCUT2D eigenvalue weighted by molar-refractivity contribution is 5.25. The van der Waals surface area contributed by atoms with Crippen LogP contribution in [0.5, 0.6) is 0 Å². The van der Waals surface area contributed by atoms with Crippen LogP contribution in [0.15, 0.2) is 30.6 Å². The third-order valence-electron chi connectivity index (χ3n) is 3.02. The lowest BCUT2D eigenvalue weighted by atomic mass is 10.0. The minimum absolute atomic E-state index is 0.0243. The molecule has 2 rings (SSSR count). The van der Waals surface area contributed by atoms with Crippen LogP contribution in [0.4, 0.5) is 0 Å². The Hall–Kier alpha value is -1.68. The predicted molar refractivity (Wildman–Crippen MR) is 67.5 cm³/mol. The average molecular weight is 230 g/mol. The molecule has 17 heavy (non-hydrogen) atoms. The molecule has 4 heteroatoms. The number of aromatic nitrogens is 3. The standard InChI is InChI=1S/C13H18N4/c1-3-10-4-6-11(7-5-10)12(14)8-13-15-9-16-17(13)2/h4-7,9,12H,3,8,14H2,1-2H3. The van der Waals surface area contributed by atoms with Crippen molar-refractivity contribution in [2.45, 2.75) is 25.8 Å². The monoisotopic (exact) mass is 230 g/mol. The molecule has 1 heterocycles. The molecule has 0 saturated carbocycles. The Morgan fingerprint density at radius 3 is 2.53 bits per heavy atom. The van der Waals surface area contributed by atoms with Gasteiger partial charge in [0.25, 0.3) is 0 Å². The summed E-state index contributed by atoms with van der Waals surface area (Å²) in [5, 5.41) is 4.04. The van der Waals surface area contributed by atoms with Gasteiger partial charge in [-0.1, -0.05) is 31.2 Å². The largest absolute Gasteiger partial charge is 0.324 e. The van der Waals surface area contributed by atoms with Gasteiger partial charge >= 0.3 is 0 Å². The van der Waals surface area contributed by atoms with Crippen LogP contribution in [0.2, 0.25) is 0 Å². The summed E-state index contributed by atoms with van der Waals surface area (Å²) in [5.41, 5.74) is 8.64. The van der Waals surface area contributed by atoms with Crippen LogP contribution in [0.25, 0.3) is 0 Å². The van der Waals surface area contributed by atoms with Crippen molar-refractivity contribution >= 4 is 0 Å². The smallest absolute Gasteiger partial charge is 0.138 e. The second kappa shape index (κ2) is 5.10. The van der Waals surface area contributed by atoms with E-state index in [2.05, 4.69) is 41.3 Å². The first-order chi connectivity index (χ1) is 8.20. The second-order valence-corrected chi connectivity index (χ2v) is 4.21. The summed E-state index contributed by atoms with van der Waals surface area (Å²) in [7, 11) is 1.88. The molecule has 90 valence electrons. The first kappa shape index (κ1) is 11.8. The molecular formula is C13H18N4. The van der Waals surface area contributed by atoms with Crippen molar-refractivity contribution < 1.29 is 0 Å². The van der Waals surface area contributed by atoms with E-state index in [1.165, 1.54) is 5.56 Å². The first-order valence-electron chi connectivity index (χ1n) is 5.88. The molecule has 1 aromatic carbocycles. The Balaban J connectivity index is 2.09. The zero-order chi connectivity index (χ0) is 12.3. The number of benzene rings is 1. The van der Waals surface area contributed by atoms with E-state index in [4.69, 9.17) is 5.73 Å². The van der Waals surface area contributed by atoms with Crippen LogP contribution >= 0.6 is 0 Å². The van der Waals surface area contributed by atoms with Gasteiger partial charge in [-0.25, -0.2) is 4.98 Å². The number of aryl methyl sites for hydroxylation is 2. The van der Waals surface area contributed by atoms with E-state index in [1.807, 2.05) is 7.05 Å². The Bertz CT molecular complexity index is 472. The second-order valence-electron chi connectivity index (χ2n) is 4.21. The van der Waals surface area contributed by atoms with E-state index in [1.54, 1.807) is 11.0 Å². The van der Waals surface area contributed by atoms with Crippen molar-refractivity contribution in [3.05, 3.63) is 47.5 Å². The van der Waals surface area contributed by atoms with Crippen LogP contribution in [0, 0.1) is 0 Å². The molecule has 2 N–H and O–H groups in total. The van der Waals surface area contributed by atoms with Gasteiger partial charge in [-0.05, 0) is 17.5 Å². The van der Waals surface area contributed by atoms with E-state index < -0.39 is 0 Å². The molecule has 1 atom stereocenters. The first-order valence-corrected chi connectivity index (χ1v) is 5.88. The molecule has 0 fully saturated rings. The highest BCUT2D eigenvalue weighted by Crippen LogP contribution is 2.15. The maximum absolute atomic E-state index is 6.17. The average Bonchev–Trinajstić information content (AvgIpc) is 2.75. The number of hydrogen-bond acceptors (Lipinski definition) is 3. The summed E-state index contributed by atoms with van der Waals surface area (Å²) in [4.78, 5) is 4.19. The molecule has 0 spiro atoms. The topological polar surface area (TPSA) is 56.7 Å². The molecule has 0 bridgehead atoms.